The van der Waals surface area contributed by atoms with Gasteiger partial charge < -0.3 is 13.9 Å². The van der Waals surface area contributed by atoms with Gasteiger partial charge in [0.2, 0.25) is 0 Å². The van der Waals surface area contributed by atoms with Gasteiger partial charge in [0.05, 0.1) is 37.3 Å². The van der Waals surface area contributed by atoms with Gasteiger partial charge in [0.15, 0.2) is 8.07 Å². The molecule has 464 valence electrons. The molecule has 0 atom stereocenters. The number of aryl methyl sites for hydroxylation is 2. The van der Waals surface area contributed by atoms with Gasteiger partial charge >= 0.3 is 0 Å². The average molecular weight is 1440 g/mol. The van der Waals surface area contributed by atoms with Crippen molar-refractivity contribution in [1.82, 2.24) is 14.1 Å². The maximum absolute atomic E-state index is 10.2. The van der Waals surface area contributed by atoms with Gasteiger partial charge in [0.1, 0.15) is 5.82 Å². The van der Waals surface area contributed by atoms with Gasteiger partial charge in [-0.05, 0) is 165 Å². The molecule has 0 saturated carbocycles. The molecule has 12 aromatic carbocycles. The summed E-state index contributed by atoms with van der Waals surface area (Å²) in [6, 6.07) is 47.1. The van der Waals surface area contributed by atoms with Crippen molar-refractivity contribution in [3.05, 3.63) is 320 Å². The fourth-order valence-electron chi connectivity index (χ4n) is 13.4. The Balaban J connectivity index is 0.0000106. The van der Waals surface area contributed by atoms with Crippen LogP contribution < -0.4 is 30.1 Å². The van der Waals surface area contributed by atoms with Crippen molar-refractivity contribution >= 4 is 61.7 Å². The minimum Gasteiger partial charge on any atom is -0.510 e. The molecule has 0 spiro atoms. The van der Waals surface area contributed by atoms with Crippen LogP contribution in [0.5, 0.6) is 11.5 Å². The van der Waals surface area contributed by atoms with Crippen LogP contribution in [-0.2, 0) is 31.9 Å². The molecule has 16 rings (SSSR count). The summed E-state index contributed by atoms with van der Waals surface area (Å²) in [6.07, 6.45) is 5.52. The monoisotopic (exact) mass is 1440 g/mol. The number of fused-ring (bicyclic) bond motifs is 10. The first-order chi connectivity index (χ1) is 54.3. The van der Waals surface area contributed by atoms with Gasteiger partial charge in [-0.2, -0.15) is 18.2 Å². The summed E-state index contributed by atoms with van der Waals surface area (Å²) < 4.78 is 212. The van der Waals surface area contributed by atoms with E-state index in [0.29, 0.717) is 56.0 Å². The number of pyridine rings is 1. The second-order valence-electron chi connectivity index (χ2n) is 25.6. The largest absolute Gasteiger partial charge is 0.510 e. The van der Waals surface area contributed by atoms with E-state index in [-0.39, 0.29) is 93.1 Å². The van der Waals surface area contributed by atoms with Gasteiger partial charge in [-0.15, -0.1) is 29.7 Å². The summed E-state index contributed by atoms with van der Waals surface area (Å²) in [7, 11) is -5.97. The van der Waals surface area contributed by atoms with Gasteiger partial charge in [0.25, 0.3) is 6.33 Å². The SMILES string of the molecule is [2H]c1c([2H])c([2H])c([Si](c2cc3c4c(c2)n(-c2[c-]c(Oc5[c-]c6c(cc5)c5ccccc5n6-c5cc(C(C)(C)C)ccn5)ccc2)[c-][n+]4-c2c(-c4ccc(C(C)(C)C)cc4)cc(-c4c(C([2H])([2H])[2H])cccc4C([2H])([2H])[2H])cc2-c2ccccc2-c2ccccc2-3)(c2c([2H])c([2H])c([2H])c([2H])c2[2H])c2c([2H])c([2H])c([2H])c([2H])c2[2H])c([2H])c1[2H].[Pt]. The van der Waals surface area contributed by atoms with Crippen LogP contribution in [0.25, 0.3) is 106 Å². The van der Waals surface area contributed by atoms with Crippen molar-refractivity contribution in [2.75, 3.05) is 0 Å². The van der Waals surface area contributed by atoms with Crippen molar-refractivity contribution in [2.45, 2.75) is 66.1 Å². The predicted octanol–water partition coefficient (Wildman–Crippen LogP) is 18.8. The quantitative estimate of drug-likeness (QED) is 0.0592. The molecule has 0 unspecified atom stereocenters. The molecular formula is C88H70N4OPtSi-2. The Morgan fingerprint density at radius 2 is 1.04 bits per heavy atom. The molecule has 7 heteroatoms. The van der Waals surface area contributed by atoms with E-state index in [2.05, 4.69) is 66.1 Å². The van der Waals surface area contributed by atoms with E-state index < -0.39 is 128 Å². The average Bonchev–Trinajstić information content (AvgIpc) is 0.992. The van der Waals surface area contributed by atoms with E-state index in [1.54, 1.807) is 69.9 Å². The van der Waals surface area contributed by atoms with E-state index in [4.69, 9.17) is 22.1 Å². The maximum atomic E-state index is 10.2. The third kappa shape index (κ3) is 10.4. The fourth-order valence-corrected chi connectivity index (χ4v) is 17.2. The van der Waals surface area contributed by atoms with Crippen LogP contribution in [0.4, 0.5) is 0 Å². The van der Waals surface area contributed by atoms with E-state index in [0.717, 1.165) is 27.4 Å². The maximum Gasteiger partial charge on any atom is 0.268 e. The van der Waals surface area contributed by atoms with Gasteiger partial charge in [0, 0.05) is 52.5 Å². The minimum absolute atomic E-state index is 0. The smallest absolute Gasteiger partial charge is 0.268 e. The molecule has 0 bridgehead atoms. The Kier molecular flexibility index (Phi) is 10.5. The van der Waals surface area contributed by atoms with E-state index >= 15 is 0 Å². The first-order valence-electron chi connectivity index (χ1n) is 41.4. The standard InChI is InChI=1S/C88H70N4OSi.Pt/c1-58-26-24-27-59(2)84(58)61-50-77(60-42-44-62(45-43-60)87(3,4)5)85-78(51-61)73-38-20-18-36-71(73)72-37-19-21-39-74(72)79-55-70(94(67-30-12-9-13-31-67,68-32-14-10-15-33-68)69-34-16-11-17-35-69)56-82-86(79)91(85)57-90(82)64-28-25-29-65(53-64)93-66-46-47-76-75-40-22-23-41-80(75)92(81(76)54-66)83-52-63(48-49-89-83)88(6,7)8;/h9-52,55-56H,1-8H3;/q-2;/i1D3,2D3,9D,10D,11D,12D,13D,14D,15D,16D,17D,30D,31D,32D,33D,34D,35D;. The summed E-state index contributed by atoms with van der Waals surface area (Å²) in [5.74, 6) is 1.04. The van der Waals surface area contributed by atoms with Crippen molar-refractivity contribution in [2.24, 2.45) is 0 Å². The Hall–Kier alpha value is -10.2. The van der Waals surface area contributed by atoms with Crippen molar-refractivity contribution < 1.29 is 59.2 Å². The van der Waals surface area contributed by atoms with Crippen LogP contribution in [0.15, 0.2) is 279 Å². The third-order valence-electron chi connectivity index (χ3n) is 17.9. The molecule has 1 aliphatic rings. The van der Waals surface area contributed by atoms with Crippen LogP contribution in [0.3, 0.4) is 0 Å². The van der Waals surface area contributed by atoms with Crippen molar-refractivity contribution in [1.29, 1.82) is 0 Å². The fraction of sp³-hybridized carbons (Fsp3) is 0.114. The molecule has 15 aromatic rings. The first kappa shape index (κ1) is 41.5. The molecule has 0 fully saturated rings. The molecule has 0 N–H and O–H groups in total. The Labute approximate surface area is 602 Å². The number of hydrogen-bond donors (Lipinski definition) is 0. The third-order valence-corrected chi connectivity index (χ3v) is 22.1. The number of hydrogen-bond acceptors (Lipinski definition) is 2. The Morgan fingerprint density at radius 3 is 1.66 bits per heavy atom. The van der Waals surface area contributed by atoms with Crippen LogP contribution >= 0.6 is 0 Å². The van der Waals surface area contributed by atoms with Crippen LogP contribution in [0.2, 0.25) is 0 Å². The Bertz CT molecular complexity index is 6370. The second kappa shape index (κ2) is 24.0. The zero-order valence-corrected chi connectivity index (χ0v) is 55.7. The number of aromatic nitrogens is 4. The molecule has 0 aliphatic carbocycles. The predicted molar refractivity (Wildman–Crippen MR) is 391 cm³/mol. The van der Waals surface area contributed by atoms with E-state index in [9.17, 15) is 16.4 Å². The normalized spacial score (nSPS) is 15.5. The molecule has 3 aromatic heterocycles. The molecule has 4 heterocycles. The molecule has 0 radical (unpaired) electrons. The topological polar surface area (TPSA) is 35.9 Å². The van der Waals surface area contributed by atoms with Crippen LogP contribution in [0.1, 0.15) is 92.6 Å². The van der Waals surface area contributed by atoms with Crippen LogP contribution in [-0.4, -0.2) is 22.2 Å². The summed E-state index contributed by atoms with van der Waals surface area (Å²) in [6.45, 7) is 6.86. The van der Waals surface area contributed by atoms with E-state index in [1.165, 1.54) is 24.3 Å². The number of rotatable bonds is 10. The van der Waals surface area contributed by atoms with Crippen molar-refractivity contribution in [3.63, 3.8) is 0 Å². The molecule has 1 aliphatic heterocycles. The number of ether oxygens (including phenoxy) is 1. The molecular weight excluding hydrogens is 1350 g/mol. The molecule has 95 heavy (non-hydrogen) atoms. The first-order valence-corrected chi connectivity index (χ1v) is 32.9. The van der Waals surface area contributed by atoms with E-state index in [1.807, 2.05) is 102 Å². The second-order valence-corrected chi connectivity index (χ2v) is 29.1. The van der Waals surface area contributed by atoms with Crippen LogP contribution in [0, 0.1) is 32.2 Å². The number of nitrogens with zero attached hydrogens (tertiary/aromatic N) is 4. The number of imidazole rings is 1. The molecule has 0 saturated heterocycles. The zero-order valence-electron chi connectivity index (χ0n) is 73.4. The Morgan fingerprint density at radius 1 is 0.474 bits per heavy atom. The number of para-hydroxylation sites is 1. The summed E-state index contributed by atoms with van der Waals surface area (Å²) in [5, 5.41) is -0.537. The minimum atomic E-state index is -5.97. The number of benzene rings is 12. The summed E-state index contributed by atoms with van der Waals surface area (Å²) >= 11 is 0. The zero-order chi connectivity index (χ0) is 82.1. The van der Waals surface area contributed by atoms with Gasteiger partial charge in [-0.3, -0.25) is 4.57 Å². The molecule has 5 nitrogen and oxygen atoms in total. The molecule has 0 amide bonds. The van der Waals surface area contributed by atoms with Gasteiger partial charge in [-0.25, -0.2) is 4.98 Å². The summed E-state index contributed by atoms with van der Waals surface area (Å²) in [5.41, 5.74) is 7.10. The van der Waals surface area contributed by atoms with Crippen molar-refractivity contribution in [3.8, 4) is 84.3 Å². The summed E-state index contributed by atoms with van der Waals surface area (Å²) in [4.78, 5) is 4.88. The van der Waals surface area contributed by atoms with Gasteiger partial charge in [-0.1, -0.05) is 259 Å².